The fourth-order valence-corrected chi connectivity index (χ4v) is 4.15. The standard InChI is InChI=1S/C23H21F3N2O2/c24-15-5-3-13(4-6-15)21-20(18-9-16(25)10-19(26)22(18)28-21)14-7-17(8-14)30-23(29)27-11-12-1-2-12/h3-6,9-10,12,14,17,28H,1-2,7-8,11H2,(H,27,29). The van der Waals surface area contributed by atoms with Crippen molar-refractivity contribution in [2.24, 2.45) is 5.92 Å². The van der Waals surface area contributed by atoms with Crippen molar-refractivity contribution >= 4 is 17.0 Å². The number of halogens is 3. The molecule has 0 unspecified atom stereocenters. The van der Waals surface area contributed by atoms with E-state index in [0.717, 1.165) is 24.5 Å². The van der Waals surface area contributed by atoms with Crippen LogP contribution in [-0.4, -0.2) is 23.7 Å². The molecule has 2 aliphatic carbocycles. The van der Waals surface area contributed by atoms with Crippen molar-refractivity contribution in [2.75, 3.05) is 6.54 Å². The Bertz CT molecular complexity index is 1100. The zero-order valence-electron chi connectivity index (χ0n) is 16.2. The number of hydrogen-bond acceptors (Lipinski definition) is 2. The van der Waals surface area contributed by atoms with Gasteiger partial charge >= 0.3 is 6.09 Å². The average molecular weight is 414 g/mol. The molecule has 1 amide bonds. The van der Waals surface area contributed by atoms with Gasteiger partial charge in [-0.1, -0.05) is 0 Å². The number of alkyl carbamates (subject to hydrolysis) is 1. The van der Waals surface area contributed by atoms with Gasteiger partial charge in [0.2, 0.25) is 0 Å². The molecule has 2 N–H and O–H groups in total. The predicted octanol–water partition coefficient (Wildman–Crippen LogP) is 5.63. The number of amides is 1. The first-order valence-electron chi connectivity index (χ1n) is 10.2. The van der Waals surface area contributed by atoms with E-state index in [2.05, 4.69) is 10.3 Å². The van der Waals surface area contributed by atoms with Crippen LogP contribution >= 0.6 is 0 Å². The zero-order chi connectivity index (χ0) is 20.8. The zero-order valence-corrected chi connectivity index (χ0v) is 16.2. The molecule has 0 saturated heterocycles. The molecule has 0 atom stereocenters. The normalized spacial score (nSPS) is 20.8. The summed E-state index contributed by atoms with van der Waals surface area (Å²) in [5.74, 6) is -1.16. The summed E-state index contributed by atoms with van der Waals surface area (Å²) in [6.45, 7) is 0.644. The highest BCUT2D eigenvalue weighted by Gasteiger charge is 2.37. The molecule has 0 radical (unpaired) electrons. The molecule has 0 bridgehead atoms. The summed E-state index contributed by atoms with van der Waals surface area (Å²) in [6, 6.07) is 8.03. The highest BCUT2D eigenvalue weighted by atomic mass is 19.1. The third-order valence-corrected chi connectivity index (χ3v) is 6.01. The van der Waals surface area contributed by atoms with Crippen molar-refractivity contribution in [2.45, 2.75) is 37.7 Å². The number of carbonyl (C=O) groups is 1. The van der Waals surface area contributed by atoms with Gasteiger partial charge in [0, 0.05) is 18.0 Å². The molecular weight excluding hydrogens is 393 g/mol. The number of H-pyrrole nitrogens is 1. The lowest BCUT2D eigenvalue weighted by Gasteiger charge is -2.35. The number of carbonyl (C=O) groups excluding carboxylic acids is 1. The number of hydrogen-bond donors (Lipinski definition) is 2. The van der Waals surface area contributed by atoms with Crippen LogP contribution in [0.25, 0.3) is 22.2 Å². The Labute approximate surface area is 171 Å². The SMILES string of the molecule is O=C(NCC1CC1)OC1CC(c2c(-c3ccc(F)cc3)[nH]c3c(F)cc(F)cc23)C1. The molecule has 1 heterocycles. The number of aromatic nitrogens is 1. The van der Waals surface area contributed by atoms with Crippen molar-refractivity contribution < 1.29 is 22.7 Å². The van der Waals surface area contributed by atoms with Crippen molar-refractivity contribution in [3.63, 3.8) is 0 Å². The molecular formula is C23H21F3N2O2. The molecule has 2 aromatic carbocycles. The first-order valence-corrected chi connectivity index (χ1v) is 10.2. The maximum absolute atomic E-state index is 14.4. The molecule has 0 aliphatic heterocycles. The van der Waals surface area contributed by atoms with Gasteiger partial charge in [0.25, 0.3) is 0 Å². The minimum absolute atomic E-state index is 0.0266. The molecule has 2 saturated carbocycles. The van der Waals surface area contributed by atoms with E-state index in [1.807, 2.05) is 0 Å². The van der Waals surface area contributed by atoms with Gasteiger partial charge in [-0.15, -0.1) is 0 Å². The first-order chi connectivity index (χ1) is 14.5. The summed E-state index contributed by atoms with van der Waals surface area (Å²) in [7, 11) is 0. The van der Waals surface area contributed by atoms with Gasteiger partial charge in [-0.3, -0.25) is 0 Å². The monoisotopic (exact) mass is 414 g/mol. The van der Waals surface area contributed by atoms with Crippen LogP contribution in [-0.2, 0) is 4.74 Å². The maximum Gasteiger partial charge on any atom is 0.407 e. The smallest absolute Gasteiger partial charge is 0.407 e. The van der Waals surface area contributed by atoms with Gasteiger partial charge in [-0.2, -0.15) is 0 Å². The minimum atomic E-state index is -0.675. The van der Waals surface area contributed by atoms with E-state index < -0.39 is 17.7 Å². The first kappa shape index (κ1) is 19.0. The van der Waals surface area contributed by atoms with Gasteiger partial charge in [-0.25, -0.2) is 18.0 Å². The highest BCUT2D eigenvalue weighted by Crippen LogP contribution is 2.46. The number of rotatable bonds is 5. The Kier molecular flexibility index (Phi) is 4.68. The minimum Gasteiger partial charge on any atom is -0.446 e. The third kappa shape index (κ3) is 3.64. The third-order valence-electron chi connectivity index (χ3n) is 6.01. The molecule has 4 nitrogen and oxygen atoms in total. The quantitative estimate of drug-likeness (QED) is 0.568. The number of aromatic amines is 1. The van der Waals surface area contributed by atoms with Crippen LogP contribution in [0.1, 0.15) is 37.2 Å². The fraction of sp³-hybridized carbons (Fsp3) is 0.348. The Hall–Kier alpha value is -2.96. The van der Waals surface area contributed by atoms with E-state index in [4.69, 9.17) is 4.74 Å². The van der Waals surface area contributed by atoms with Crippen LogP contribution in [0.4, 0.5) is 18.0 Å². The summed E-state index contributed by atoms with van der Waals surface area (Å²) < 4.78 is 47.2. The molecule has 1 aromatic heterocycles. The Morgan fingerprint density at radius 3 is 2.50 bits per heavy atom. The van der Waals surface area contributed by atoms with Crippen LogP contribution < -0.4 is 5.32 Å². The Morgan fingerprint density at radius 2 is 1.80 bits per heavy atom. The predicted molar refractivity (Wildman–Crippen MR) is 107 cm³/mol. The van der Waals surface area contributed by atoms with Gasteiger partial charge in [0.1, 0.15) is 23.6 Å². The van der Waals surface area contributed by atoms with Crippen LogP contribution in [0.2, 0.25) is 0 Å². The summed E-state index contributed by atoms with van der Waals surface area (Å²) in [4.78, 5) is 15.0. The molecule has 7 heteroatoms. The van der Waals surface area contributed by atoms with Crippen LogP contribution in [0.5, 0.6) is 0 Å². The van der Waals surface area contributed by atoms with E-state index >= 15 is 0 Å². The van der Waals surface area contributed by atoms with Crippen molar-refractivity contribution in [1.82, 2.24) is 10.3 Å². The van der Waals surface area contributed by atoms with Gasteiger partial charge in [-0.05, 0) is 79.0 Å². The second-order valence-corrected chi connectivity index (χ2v) is 8.25. The molecule has 2 fully saturated rings. The molecule has 2 aliphatic rings. The largest absolute Gasteiger partial charge is 0.446 e. The van der Waals surface area contributed by atoms with E-state index in [9.17, 15) is 18.0 Å². The summed E-state index contributed by atoms with van der Waals surface area (Å²) in [6.07, 6.45) is 2.77. The van der Waals surface area contributed by atoms with E-state index in [1.54, 1.807) is 12.1 Å². The molecule has 156 valence electrons. The number of nitrogens with one attached hydrogen (secondary N) is 2. The van der Waals surface area contributed by atoms with Crippen LogP contribution in [0.3, 0.4) is 0 Å². The summed E-state index contributed by atoms with van der Waals surface area (Å²) >= 11 is 0. The lowest BCUT2D eigenvalue weighted by atomic mass is 9.75. The van der Waals surface area contributed by atoms with Crippen molar-refractivity contribution in [3.8, 4) is 11.3 Å². The number of benzene rings is 2. The second kappa shape index (κ2) is 7.38. The lowest BCUT2D eigenvalue weighted by Crippen LogP contribution is -2.36. The molecule has 30 heavy (non-hydrogen) atoms. The van der Waals surface area contributed by atoms with Crippen LogP contribution in [0, 0.1) is 23.4 Å². The molecule has 3 aromatic rings. The molecule has 0 spiro atoms. The van der Waals surface area contributed by atoms with Crippen molar-refractivity contribution in [1.29, 1.82) is 0 Å². The average Bonchev–Trinajstić information content (AvgIpc) is 3.44. The van der Waals surface area contributed by atoms with E-state index in [-0.39, 0.29) is 23.4 Å². The lowest BCUT2D eigenvalue weighted by molar-refractivity contribution is 0.0398. The summed E-state index contributed by atoms with van der Waals surface area (Å²) in [5.41, 5.74) is 2.32. The Morgan fingerprint density at radius 1 is 1.07 bits per heavy atom. The second-order valence-electron chi connectivity index (χ2n) is 8.25. The Balaban J connectivity index is 1.41. The topological polar surface area (TPSA) is 54.1 Å². The number of fused-ring (bicyclic) bond motifs is 1. The van der Waals surface area contributed by atoms with Gasteiger partial charge < -0.3 is 15.0 Å². The van der Waals surface area contributed by atoms with E-state index in [0.29, 0.717) is 41.9 Å². The van der Waals surface area contributed by atoms with Crippen LogP contribution in [0.15, 0.2) is 36.4 Å². The number of ether oxygens (including phenoxy) is 1. The summed E-state index contributed by atoms with van der Waals surface area (Å²) in [5, 5.41) is 3.24. The maximum atomic E-state index is 14.4. The van der Waals surface area contributed by atoms with Crippen molar-refractivity contribution in [3.05, 3.63) is 59.4 Å². The van der Waals surface area contributed by atoms with Gasteiger partial charge in [0.15, 0.2) is 0 Å². The van der Waals surface area contributed by atoms with E-state index in [1.165, 1.54) is 18.2 Å². The van der Waals surface area contributed by atoms with Gasteiger partial charge in [0.05, 0.1) is 11.2 Å². The molecule has 5 rings (SSSR count). The fourth-order valence-electron chi connectivity index (χ4n) is 4.15. The highest BCUT2D eigenvalue weighted by molar-refractivity contribution is 5.92.